The van der Waals surface area contributed by atoms with Gasteiger partial charge in [0.25, 0.3) is 11.8 Å². The highest BCUT2D eigenvalue weighted by Crippen LogP contribution is 2.26. The summed E-state index contributed by atoms with van der Waals surface area (Å²) < 4.78 is 14.6. The number of halogens is 1. The predicted molar refractivity (Wildman–Crippen MR) is 137 cm³/mol. The van der Waals surface area contributed by atoms with Crippen LogP contribution in [0.25, 0.3) is 0 Å². The number of thiazole rings is 1. The van der Waals surface area contributed by atoms with Gasteiger partial charge in [-0.1, -0.05) is 0 Å². The monoisotopic (exact) mass is 516 g/mol. The van der Waals surface area contributed by atoms with Crippen molar-refractivity contribution in [1.29, 1.82) is 0 Å². The van der Waals surface area contributed by atoms with Gasteiger partial charge in [0.1, 0.15) is 16.5 Å². The van der Waals surface area contributed by atoms with E-state index in [0.717, 1.165) is 17.8 Å². The number of urea groups is 1. The minimum Gasteiger partial charge on any atom is -0.346 e. The van der Waals surface area contributed by atoms with Gasteiger partial charge < -0.3 is 20.4 Å². The van der Waals surface area contributed by atoms with Gasteiger partial charge in [0, 0.05) is 55.8 Å². The third-order valence-corrected chi connectivity index (χ3v) is 7.00. The topological polar surface area (TPSA) is 97.9 Å². The molecule has 1 aromatic carbocycles. The zero-order valence-corrected chi connectivity index (χ0v) is 22.0. The Morgan fingerprint density at radius 2 is 1.86 bits per heavy atom. The number of rotatable bonds is 6. The van der Waals surface area contributed by atoms with Crippen molar-refractivity contribution in [2.75, 3.05) is 38.5 Å². The molecule has 0 atom stereocenters. The molecule has 0 spiro atoms. The minimum absolute atomic E-state index is 0.0628. The smallest absolute Gasteiger partial charge is 0.321 e. The summed E-state index contributed by atoms with van der Waals surface area (Å²) in [7, 11) is 1.69. The van der Waals surface area contributed by atoms with Gasteiger partial charge in [-0.3, -0.25) is 14.5 Å². The molecule has 1 aliphatic heterocycles. The van der Waals surface area contributed by atoms with Gasteiger partial charge in [0.15, 0.2) is 0 Å². The Hall–Kier alpha value is -3.05. The van der Waals surface area contributed by atoms with Crippen LogP contribution in [-0.2, 0) is 6.54 Å². The summed E-state index contributed by atoms with van der Waals surface area (Å²) >= 11 is 1.45. The third-order valence-electron chi connectivity index (χ3n) is 6.16. The fourth-order valence-corrected chi connectivity index (χ4v) is 4.77. The summed E-state index contributed by atoms with van der Waals surface area (Å²) in [4.78, 5) is 47.4. The van der Waals surface area contributed by atoms with E-state index in [0.29, 0.717) is 38.4 Å². The molecule has 1 saturated carbocycles. The van der Waals surface area contributed by atoms with Crippen LogP contribution < -0.4 is 10.6 Å². The van der Waals surface area contributed by atoms with E-state index >= 15 is 0 Å². The molecule has 9 nitrogen and oxygen atoms in total. The number of hydrogen-bond acceptors (Lipinski definition) is 6. The van der Waals surface area contributed by atoms with E-state index in [1.54, 1.807) is 28.3 Å². The first kappa shape index (κ1) is 26.0. The van der Waals surface area contributed by atoms with Gasteiger partial charge in [0.05, 0.1) is 12.2 Å². The standard InChI is InChI=1S/C25H33FN6O3S/c1-25(2,3)29-22(33)20-15-36-21(27-20)14-31-9-11-32(12-10-31)23(34)16-5-8-19(18(26)13-16)28-24(35)30(4)17-6-7-17/h5,8,13,15,17H,6-7,9-12,14H2,1-4H3,(H,28,35)(H,29,33). The maximum Gasteiger partial charge on any atom is 0.321 e. The number of amides is 4. The van der Waals surface area contributed by atoms with E-state index in [1.807, 2.05) is 20.8 Å². The van der Waals surface area contributed by atoms with Crippen LogP contribution in [0.15, 0.2) is 23.6 Å². The van der Waals surface area contributed by atoms with Crippen LogP contribution in [0, 0.1) is 5.82 Å². The Labute approximate surface area is 214 Å². The number of benzene rings is 1. The van der Waals surface area contributed by atoms with Gasteiger partial charge in [-0.15, -0.1) is 11.3 Å². The molecule has 194 valence electrons. The SMILES string of the molecule is CN(C(=O)Nc1ccc(C(=O)N2CCN(Cc3nc(C(=O)NC(C)(C)C)cs3)CC2)cc1F)C1CC1. The van der Waals surface area contributed by atoms with Crippen LogP contribution in [0.3, 0.4) is 0 Å². The van der Waals surface area contributed by atoms with Crippen LogP contribution in [-0.4, -0.2) is 82.3 Å². The van der Waals surface area contributed by atoms with Crippen molar-refractivity contribution in [1.82, 2.24) is 25.0 Å². The van der Waals surface area contributed by atoms with Crippen molar-refractivity contribution in [2.24, 2.45) is 0 Å². The number of nitrogens with one attached hydrogen (secondary N) is 2. The molecule has 1 aliphatic carbocycles. The molecule has 1 aromatic heterocycles. The van der Waals surface area contributed by atoms with Gasteiger partial charge in [0.2, 0.25) is 0 Å². The Kier molecular flexibility index (Phi) is 7.60. The molecule has 2 fully saturated rings. The minimum atomic E-state index is -0.632. The first-order valence-electron chi connectivity index (χ1n) is 12.1. The summed E-state index contributed by atoms with van der Waals surface area (Å²) in [5.74, 6) is -1.06. The Morgan fingerprint density at radius 3 is 2.47 bits per heavy atom. The normalized spacial score (nSPS) is 16.5. The van der Waals surface area contributed by atoms with Crippen molar-refractivity contribution in [3.05, 3.63) is 45.7 Å². The highest BCUT2D eigenvalue weighted by molar-refractivity contribution is 7.09. The lowest BCUT2D eigenvalue weighted by Gasteiger charge is -2.34. The Bertz CT molecular complexity index is 1140. The Balaban J connectivity index is 1.28. The summed E-state index contributed by atoms with van der Waals surface area (Å²) in [6.07, 6.45) is 1.93. The van der Waals surface area contributed by atoms with Crippen molar-refractivity contribution < 1.29 is 18.8 Å². The first-order chi connectivity index (χ1) is 17.0. The summed E-state index contributed by atoms with van der Waals surface area (Å²) in [6, 6.07) is 4.03. The molecule has 2 aliphatic rings. The van der Waals surface area contributed by atoms with Crippen LogP contribution in [0.5, 0.6) is 0 Å². The molecule has 1 saturated heterocycles. The number of hydrogen-bond donors (Lipinski definition) is 2. The zero-order chi connectivity index (χ0) is 26.0. The van der Waals surface area contributed by atoms with Crippen molar-refractivity contribution in [3.63, 3.8) is 0 Å². The molecule has 11 heteroatoms. The number of carbonyl (C=O) groups is 3. The maximum atomic E-state index is 14.6. The molecule has 2 heterocycles. The second-order valence-corrected chi connectivity index (χ2v) is 11.3. The molecule has 4 amide bonds. The maximum absolute atomic E-state index is 14.6. The van der Waals surface area contributed by atoms with Gasteiger partial charge in [-0.2, -0.15) is 0 Å². The largest absolute Gasteiger partial charge is 0.346 e. The van der Waals surface area contributed by atoms with E-state index in [-0.39, 0.29) is 40.7 Å². The first-order valence-corrected chi connectivity index (χ1v) is 13.0. The summed E-state index contributed by atoms with van der Waals surface area (Å²) in [5.41, 5.74) is 0.407. The molecule has 0 bridgehead atoms. The highest BCUT2D eigenvalue weighted by atomic mass is 32.1. The molecule has 2 N–H and O–H groups in total. The number of carbonyl (C=O) groups excluding carboxylic acids is 3. The van der Waals surface area contributed by atoms with Crippen molar-refractivity contribution in [2.45, 2.75) is 51.7 Å². The zero-order valence-electron chi connectivity index (χ0n) is 21.1. The van der Waals surface area contributed by atoms with Gasteiger partial charge >= 0.3 is 6.03 Å². The summed E-state index contributed by atoms with van der Waals surface area (Å²) in [6.45, 7) is 8.70. The average molecular weight is 517 g/mol. The van der Waals surface area contributed by atoms with E-state index in [9.17, 15) is 18.8 Å². The molecular weight excluding hydrogens is 483 g/mol. The number of piperazine rings is 1. The fourth-order valence-electron chi connectivity index (χ4n) is 3.96. The van der Waals surface area contributed by atoms with Crippen molar-refractivity contribution >= 4 is 34.9 Å². The van der Waals surface area contributed by atoms with Crippen LogP contribution in [0.2, 0.25) is 0 Å². The fraction of sp³-hybridized carbons (Fsp3) is 0.520. The number of aromatic nitrogens is 1. The predicted octanol–water partition coefficient (Wildman–Crippen LogP) is 3.39. The van der Waals surface area contributed by atoms with E-state index in [4.69, 9.17) is 0 Å². The average Bonchev–Trinajstić information content (AvgIpc) is 3.57. The number of anilines is 1. The Morgan fingerprint density at radius 1 is 1.17 bits per heavy atom. The molecule has 4 rings (SSSR count). The molecule has 0 radical (unpaired) electrons. The van der Waals surface area contributed by atoms with Gasteiger partial charge in [-0.25, -0.2) is 14.2 Å². The van der Waals surface area contributed by atoms with Crippen LogP contribution in [0.1, 0.15) is 59.5 Å². The second kappa shape index (κ2) is 10.5. The van der Waals surface area contributed by atoms with E-state index < -0.39 is 5.82 Å². The quantitative estimate of drug-likeness (QED) is 0.614. The van der Waals surface area contributed by atoms with E-state index in [2.05, 4.69) is 20.5 Å². The van der Waals surface area contributed by atoms with Gasteiger partial charge in [-0.05, 0) is 51.8 Å². The van der Waals surface area contributed by atoms with Crippen LogP contribution >= 0.6 is 11.3 Å². The van der Waals surface area contributed by atoms with Crippen molar-refractivity contribution in [3.8, 4) is 0 Å². The lowest BCUT2D eigenvalue weighted by molar-refractivity contribution is 0.0627. The molecule has 2 aromatic rings. The molecule has 0 unspecified atom stereocenters. The molecular formula is C25H33FN6O3S. The highest BCUT2D eigenvalue weighted by Gasteiger charge is 2.30. The summed E-state index contributed by atoms with van der Waals surface area (Å²) in [5, 5.41) is 8.10. The number of nitrogens with zero attached hydrogens (tertiary/aromatic N) is 4. The van der Waals surface area contributed by atoms with E-state index in [1.165, 1.54) is 23.5 Å². The lowest BCUT2D eigenvalue weighted by Crippen LogP contribution is -2.48. The lowest BCUT2D eigenvalue weighted by atomic mass is 10.1. The third kappa shape index (κ3) is 6.58. The second-order valence-electron chi connectivity index (χ2n) is 10.4. The van der Waals surface area contributed by atoms with Crippen LogP contribution in [0.4, 0.5) is 14.9 Å². The molecule has 36 heavy (non-hydrogen) atoms.